The molecule has 4 rings (SSSR count). The van der Waals surface area contributed by atoms with Crippen molar-refractivity contribution in [2.45, 2.75) is 32.7 Å². The molecule has 2 aromatic carbocycles. The van der Waals surface area contributed by atoms with Gasteiger partial charge < -0.3 is 9.80 Å². The Morgan fingerprint density at radius 3 is 2.36 bits per heavy atom. The molecule has 0 radical (unpaired) electrons. The number of carbonyl (C=O) groups excluding carboxylic acids is 1. The van der Waals surface area contributed by atoms with Crippen molar-refractivity contribution in [2.75, 3.05) is 27.2 Å². The van der Waals surface area contributed by atoms with Crippen LogP contribution >= 0.6 is 11.6 Å². The van der Waals surface area contributed by atoms with Gasteiger partial charge in [-0.25, -0.2) is 4.68 Å². The van der Waals surface area contributed by atoms with Gasteiger partial charge in [-0.1, -0.05) is 48.0 Å². The van der Waals surface area contributed by atoms with Crippen molar-refractivity contribution in [2.24, 2.45) is 0 Å². The van der Waals surface area contributed by atoms with Crippen LogP contribution in [-0.4, -0.2) is 58.7 Å². The first-order chi connectivity index (χ1) is 15.8. The van der Waals surface area contributed by atoms with Crippen LogP contribution < -0.4 is 0 Å². The third-order valence-corrected chi connectivity index (χ3v) is 6.69. The van der Waals surface area contributed by atoms with E-state index in [-0.39, 0.29) is 5.91 Å². The molecule has 1 aliphatic heterocycles. The summed E-state index contributed by atoms with van der Waals surface area (Å²) in [6.45, 7) is 5.48. The summed E-state index contributed by atoms with van der Waals surface area (Å²) in [5.74, 6) is 0.0900. The molecule has 0 atom stereocenters. The van der Waals surface area contributed by atoms with Crippen LogP contribution in [0.25, 0.3) is 17.8 Å². The number of piperidine rings is 1. The number of hydrogen-bond donors (Lipinski definition) is 0. The molecule has 5 nitrogen and oxygen atoms in total. The number of benzene rings is 2. The van der Waals surface area contributed by atoms with Crippen LogP contribution in [0.3, 0.4) is 0 Å². The molecule has 2 heterocycles. The van der Waals surface area contributed by atoms with Crippen molar-refractivity contribution in [3.8, 4) is 5.69 Å². The predicted molar refractivity (Wildman–Crippen MR) is 136 cm³/mol. The Labute approximate surface area is 201 Å². The molecule has 172 valence electrons. The second kappa shape index (κ2) is 9.94. The molecule has 0 N–H and O–H groups in total. The molecule has 1 aliphatic rings. The lowest BCUT2D eigenvalue weighted by Crippen LogP contribution is -2.44. The van der Waals surface area contributed by atoms with Crippen LogP contribution in [0.15, 0.2) is 48.5 Å². The highest BCUT2D eigenvalue weighted by atomic mass is 35.5. The molecule has 6 heteroatoms. The summed E-state index contributed by atoms with van der Waals surface area (Å²) < 4.78 is 1.88. The lowest BCUT2D eigenvalue weighted by Gasteiger charge is -2.35. The topological polar surface area (TPSA) is 41.4 Å². The second-order valence-corrected chi connectivity index (χ2v) is 9.36. The van der Waals surface area contributed by atoms with Gasteiger partial charge in [0.05, 0.1) is 22.6 Å². The summed E-state index contributed by atoms with van der Waals surface area (Å²) in [6, 6.07) is 16.5. The fraction of sp³-hybridized carbons (Fsp3) is 0.333. The SMILES string of the molecule is Cc1nn(-c2cccc(/C=C/c3ccc(Cl)cc3)c2)c(C)c1C(=O)N1CCC(N(C)C)CC1. The van der Waals surface area contributed by atoms with E-state index in [2.05, 4.69) is 43.3 Å². The number of aromatic nitrogens is 2. The third-order valence-electron chi connectivity index (χ3n) is 6.44. The molecule has 3 aromatic rings. The Kier molecular flexibility index (Phi) is 7.01. The number of halogens is 1. The molecule has 0 bridgehead atoms. The number of aryl methyl sites for hydroxylation is 1. The van der Waals surface area contributed by atoms with E-state index in [1.165, 1.54) is 0 Å². The van der Waals surface area contributed by atoms with Crippen molar-refractivity contribution in [3.05, 3.63) is 81.6 Å². The van der Waals surface area contributed by atoms with Gasteiger partial charge in [-0.15, -0.1) is 0 Å². The maximum absolute atomic E-state index is 13.4. The molecule has 1 fully saturated rings. The Balaban J connectivity index is 1.55. The molecule has 1 saturated heterocycles. The first kappa shape index (κ1) is 23.3. The van der Waals surface area contributed by atoms with Gasteiger partial charge in [-0.2, -0.15) is 5.10 Å². The first-order valence-corrected chi connectivity index (χ1v) is 11.8. The van der Waals surface area contributed by atoms with Crippen molar-refractivity contribution in [1.29, 1.82) is 0 Å². The molecular formula is C27H31ClN4O. The fourth-order valence-corrected chi connectivity index (χ4v) is 4.60. The van der Waals surface area contributed by atoms with E-state index in [1.54, 1.807) is 0 Å². The smallest absolute Gasteiger partial charge is 0.257 e. The molecule has 1 amide bonds. The number of amides is 1. The maximum atomic E-state index is 13.4. The highest BCUT2D eigenvalue weighted by molar-refractivity contribution is 6.30. The summed E-state index contributed by atoms with van der Waals surface area (Å²) in [4.78, 5) is 17.6. The van der Waals surface area contributed by atoms with Gasteiger partial charge in [0, 0.05) is 24.2 Å². The first-order valence-electron chi connectivity index (χ1n) is 11.4. The monoisotopic (exact) mass is 462 g/mol. The van der Waals surface area contributed by atoms with E-state index in [9.17, 15) is 4.79 Å². The minimum atomic E-state index is 0.0900. The zero-order valence-electron chi connectivity index (χ0n) is 19.8. The minimum absolute atomic E-state index is 0.0900. The normalized spacial score (nSPS) is 15.0. The predicted octanol–water partition coefficient (Wildman–Crippen LogP) is 5.48. The van der Waals surface area contributed by atoms with Crippen LogP contribution in [-0.2, 0) is 0 Å². The van der Waals surface area contributed by atoms with Crippen molar-refractivity contribution in [1.82, 2.24) is 19.6 Å². The van der Waals surface area contributed by atoms with Gasteiger partial charge in [0.25, 0.3) is 5.91 Å². The molecule has 0 aliphatic carbocycles. The summed E-state index contributed by atoms with van der Waals surface area (Å²) in [6.07, 6.45) is 6.14. The zero-order valence-corrected chi connectivity index (χ0v) is 20.5. The van der Waals surface area contributed by atoms with E-state index in [0.29, 0.717) is 6.04 Å². The molecule has 0 spiro atoms. The molecule has 0 saturated carbocycles. The number of hydrogen-bond acceptors (Lipinski definition) is 3. The van der Waals surface area contributed by atoms with Crippen LogP contribution in [0.4, 0.5) is 0 Å². The van der Waals surface area contributed by atoms with Crippen LogP contribution in [0.5, 0.6) is 0 Å². The standard InChI is InChI=1S/C27H31ClN4O/c1-19-26(27(33)31-16-14-24(15-17-31)30(3)4)20(2)32(29-19)25-7-5-6-22(18-25)9-8-21-10-12-23(28)13-11-21/h5-13,18,24H,14-17H2,1-4H3/b9-8+. The van der Waals surface area contributed by atoms with Gasteiger partial charge in [0.2, 0.25) is 0 Å². The lowest BCUT2D eigenvalue weighted by atomic mass is 10.0. The Bertz CT molecular complexity index is 1160. The van der Waals surface area contributed by atoms with E-state index in [0.717, 1.165) is 64.7 Å². The van der Waals surface area contributed by atoms with E-state index >= 15 is 0 Å². The Morgan fingerprint density at radius 1 is 1.03 bits per heavy atom. The van der Waals surface area contributed by atoms with Crippen molar-refractivity contribution < 1.29 is 4.79 Å². The van der Waals surface area contributed by atoms with Crippen molar-refractivity contribution in [3.63, 3.8) is 0 Å². The number of nitrogens with zero attached hydrogens (tertiary/aromatic N) is 4. The summed E-state index contributed by atoms with van der Waals surface area (Å²) in [5.41, 5.74) is 5.47. The van der Waals surface area contributed by atoms with Crippen LogP contribution in [0, 0.1) is 13.8 Å². The minimum Gasteiger partial charge on any atom is -0.338 e. The summed E-state index contributed by atoms with van der Waals surface area (Å²) in [7, 11) is 4.22. The Morgan fingerprint density at radius 2 is 1.70 bits per heavy atom. The van der Waals surface area contributed by atoms with Crippen LogP contribution in [0.1, 0.15) is 45.7 Å². The van der Waals surface area contributed by atoms with Crippen LogP contribution in [0.2, 0.25) is 5.02 Å². The highest BCUT2D eigenvalue weighted by Gasteiger charge is 2.28. The van der Waals surface area contributed by atoms with Gasteiger partial charge in [0.1, 0.15) is 0 Å². The number of rotatable bonds is 5. The second-order valence-electron chi connectivity index (χ2n) is 8.92. The molecule has 1 aromatic heterocycles. The van der Waals surface area contributed by atoms with Gasteiger partial charge >= 0.3 is 0 Å². The van der Waals surface area contributed by atoms with Crippen molar-refractivity contribution >= 4 is 29.7 Å². The maximum Gasteiger partial charge on any atom is 0.257 e. The largest absolute Gasteiger partial charge is 0.338 e. The average Bonchev–Trinajstić information content (AvgIpc) is 3.12. The molecule has 33 heavy (non-hydrogen) atoms. The lowest BCUT2D eigenvalue weighted by molar-refractivity contribution is 0.0662. The van der Waals surface area contributed by atoms with E-state index in [4.69, 9.17) is 16.7 Å². The van der Waals surface area contributed by atoms with E-state index < -0.39 is 0 Å². The van der Waals surface area contributed by atoms with Gasteiger partial charge in [-0.05, 0) is 76.2 Å². The number of carbonyl (C=O) groups is 1. The third kappa shape index (κ3) is 5.21. The summed E-state index contributed by atoms with van der Waals surface area (Å²) in [5, 5.41) is 5.46. The zero-order chi connectivity index (χ0) is 23.5. The van der Waals surface area contributed by atoms with E-state index in [1.807, 2.05) is 59.8 Å². The summed E-state index contributed by atoms with van der Waals surface area (Å²) >= 11 is 5.97. The fourth-order valence-electron chi connectivity index (χ4n) is 4.47. The quantitative estimate of drug-likeness (QED) is 0.471. The highest BCUT2D eigenvalue weighted by Crippen LogP contribution is 2.23. The number of likely N-dealkylation sites (tertiary alicyclic amines) is 1. The van der Waals surface area contributed by atoms with Gasteiger partial charge in [-0.3, -0.25) is 4.79 Å². The Hall–Kier alpha value is -2.89. The molecular weight excluding hydrogens is 432 g/mol. The molecule has 0 unspecified atom stereocenters. The van der Waals surface area contributed by atoms with Gasteiger partial charge in [0.15, 0.2) is 0 Å². The average molecular weight is 463 g/mol.